The van der Waals surface area contributed by atoms with Gasteiger partial charge >= 0.3 is 0 Å². The molecule has 7 nitrogen and oxygen atoms in total. The Morgan fingerprint density at radius 3 is 2.75 bits per heavy atom. The summed E-state index contributed by atoms with van der Waals surface area (Å²) in [5.41, 5.74) is 3.06. The van der Waals surface area contributed by atoms with Gasteiger partial charge in [0.1, 0.15) is 4.87 Å². The smallest absolute Gasteiger partial charge is 0.272 e. The van der Waals surface area contributed by atoms with Crippen LogP contribution < -0.4 is 5.43 Å². The summed E-state index contributed by atoms with van der Waals surface area (Å²) < 4.78 is 0. The van der Waals surface area contributed by atoms with Crippen LogP contribution in [0.4, 0.5) is 5.69 Å². The molecule has 1 aliphatic heterocycles. The molecule has 1 fully saturated rings. The van der Waals surface area contributed by atoms with Crippen LogP contribution in [0.5, 0.6) is 0 Å². The van der Waals surface area contributed by atoms with E-state index in [9.17, 15) is 14.9 Å². The fourth-order valence-corrected chi connectivity index (χ4v) is 2.73. The molecular formula is C12H14N4O3S. The highest BCUT2D eigenvalue weighted by Crippen LogP contribution is 2.34. The minimum absolute atomic E-state index is 0.107. The molecule has 1 aromatic carbocycles. The Morgan fingerprint density at radius 2 is 2.20 bits per heavy atom. The van der Waals surface area contributed by atoms with Crippen LogP contribution >= 0.6 is 11.8 Å². The number of amides is 1. The van der Waals surface area contributed by atoms with E-state index in [1.165, 1.54) is 35.0 Å². The van der Waals surface area contributed by atoms with Gasteiger partial charge in [-0.15, -0.1) is 0 Å². The summed E-state index contributed by atoms with van der Waals surface area (Å²) in [5.74, 6) is -0.329. The summed E-state index contributed by atoms with van der Waals surface area (Å²) in [4.78, 5) is 26.2. The van der Waals surface area contributed by atoms with Crippen LogP contribution in [0.25, 0.3) is 0 Å². The first-order valence-electron chi connectivity index (χ1n) is 5.86. The Balaban J connectivity index is 2.32. The van der Waals surface area contributed by atoms with Gasteiger partial charge in [0.15, 0.2) is 5.17 Å². The van der Waals surface area contributed by atoms with Crippen LogP contribution in [-0.4, -0.2) is 32.9 Å². The molecule has 0 atom stereocenters. The molecule has 8 heteroatoms. The molecule has 0 bridgehead atoms. The number of benzene rings is 1. The molecule has 20 heavy (non-hydrogen) atoms. The topological polar surface area (TPSA) is 87.8 Å². The average Bonchev–Trinajstić information content (AvgIpc) is 2.73. The normalized spacial score (nSPS) is 18.9. The second kappa shape index (κ2) is 5.12. The number of amidine groups is 1. The van der Waals surface area contributed by atoms with Gasteiger partial charge in [-0.25, -0.2) is 5.01 Å². The lowest BCUT2D eigenvalue weighted by Gasteiger charge is -2.28. The fraction of sp³-hybridized carbons (Fsp3) is 0.333. The van der Waals surface area contributed by atoms with Crippen LogP contribution in [0.1, 0.15) is 24.2 Å². The Kier molecular flexibility index (Phi) is 3.67. The van der Waals surface area contributed by atoms with Gasteiger partial charge in [0.05, 0.1) is 4.92 Å². The van der Waals surface area contributed by atoms with Crippen LogP contribution in [0.15, 0.2) is 29.3 Å². The van der Waals surface area contributed by atoms with E-state index in [0.29, 0.717) is 5.17 Å². The Bertz CT molecular complexity index is 600. The predicted octanol–water partition coefficient (Wildman–Crippen LogP) is 2.01. The van der Waals surface area contributed by atoms with E-state index in [0.717, 1.165) is 0 Å². The number of rotatable bonds is 2. The van der Waals surface area contributed by atoms with Crippen molar-refractivity contribution in [3.8, 4) is 0 Å². The molecule has 0 spiro atoms. The van der Waals surface area contributed by atoms with E-state index >= 15 is 0 Å². The standard InChI is InChI=1S/C12H14N4O3S/c1-12(2)15(14-11(13-3)20-12)10(17)8-5-4-6-9(7-8)16(18)19/h4-7H,1-3H3,(H,13,14). The van der Waals surface area contributed by atoms with Gasteiger partial charge in [-0.2, -0.15) is 0 Å². The molecule has 1 amide bonds. The maximum Gasteiger partial charge on any atom is 0.273 e. The molecule has 1 N–H and O–H groups in total. The third-order valence-electron chi connectivity index (χ3n) is 2.80. The van der Waals surface area contributed by atoms with Crippen LogP contribution in [0.3, 0.4) is 0 Å². The van der Waals surface area contributed by atoms with Crippen molar-refractivity contribution >= 4 is 28.5 Å². The summed E-state index contributed by atoms with van der Waals surface area (Å²) >= 11 is 1.42. The van der Waals surface area contributed by atoms with Crippen LogP contribution in [0, 0.1) is 10.1 Å². The number of hydrogen-bond donors (Lipinski definition) is 1. The number of carbonyl (C=O) groups excluding carboxylic acids is 1. The second-order valence-corrected chi connectivity index (χ2v) is 6.23. The fourth-order valence-electron chi connectivity index (χ4n) is 1.81. The van der Waals surface area contributed by atoms with Crippen molar-refractivity contribution in [1.29, 1.82) is 0 Å². The Labute approximate surface area is 120 Å². The van der Waals surface area contributed by atoms with Gasteiger partial charge in [0.2, 0.25) is 0 Å². The van der Waals surface area contributed by atoms with Crippen LogP contribution in [0.2, 0.25) is 0 Å². The molecule has 1 saturated heterocycles. The van der Waals surface area contributed by atoms with Gasteiger partial charge < -0.3 is 0 Å². The van der Waals surface area contributed by atoms with Gasteiger partial charge in [-0.1, -0.05) is 17.8 Å². The Hall–Kier alpha value is -2.09. The zero-order valence-corrected chi connectivity index (χ0v) is 12.1. The Morgan fingerprint density at radius 1 is 1.50 bits per heavy atom. The summed E-state index contributed by atoms with van der Waals surface area (Å²) in [6, 6.07) is 5.67. The quantitative estimate of drug-likeness (QED) is 0.666. The number of nitro groups is 1. The van der Waals surface area contributed by atoms with Gasteiger partial charge in [0, 0.05) is 24.7 Å². The van der Waals surface area contributed by atoms with Crippen molar-refractivity contribution in [3.05, 3.63) is 39.9 Å². The highest BCUT2D eigenvalue weighted by atomic mass is 32.2. The predicted molar refractivity (Wildman–Crippen MR) is 77.4 cm³/mol. The zero-order valence-electron chi connectivity index (χ0n) is 11.3. The molecule has 0 aliphatic carbocycles. The number of carbonyl (C=O) groups is 1. The molecule has 0 radical (unpaired) electrons. The van der Waals surface area contributed by atoms with Crippen molar-refractivity contribution in [2.24, 2.45) is 4.99 Å². The molecule has 2 rings (SSSR count). The number of thioether (sulfide) groups is 1. The minimum Gasteiger partial charge on any atom is -0.272 e. The highest BCUT2D eigenvalue weighted by molar-refractivity contribution is 8.15. The molecule has 1 heterocycles. The first kappa shape index (κ1) is 14.3. The number of nitrogens with one attached hydrogen (secondary N) is 1. The third-order valence-corrected chi connectivity index (χ3v) is 3.95. The number of hydrazine groups is 1. The largest absolute Gasteiger partial charge is 0.273 e. The molecular weight excluding hydrogens is 280 g/mol. The van der Waals surface area contributed by atoms with E-state index < -0.39 is 9.79 Å². The lowest BCUT2D eigenvalue weighted by Crippen LogP contribution is -2.47. The summed E-state index contributed by atoms with van der Waals surface area (Å²) in [7, 11) is 1.63. The zero-order chi connectivity index (χ0) is 14.9. The molecule has 0 unspecified atom stereocenters. The maximum absolute atomic E-state index is 12.5. The highest BCUT2D eigenvalue weighted by Gasteiger charge is 2.40. The molecule has 0 aromatic heterocycles. The second-order valence-electron chi connectivity index (χ2n) is 4.64. The number of nitrogens with zero attached hydrogens (tertiary/aromatic N) is 3. The van der Waals surface area contributed by atoms with E-state index in [2.05, 4.69) is 10.4 Å². The van der Waals surface area contributed by atoms with Crippen molar-refractivity contribution in [1.82, 2.24) is 10.4 Å². The SMILES string of the molecule is CN=C1NN(C(=O)c2cccc([N+](=O)[O-])c2)C(C)(C)S1. The molecule has 1 aliphatic rings. The number of nitro benzene ring substituents is 1. The van der Waals surface area contributed by atoms with Crippen molar-refractivity contribution < 1.29 is 9.72 Å². The average molecular weight is 294 g/mol. The van der Waals surface area contributed by atoms with Crippen LogP contribution in [-0.2, 0) is 0 Å². The molecule has 1 aromatic rings. The summed E-state index contributed by atoms with van der Waals surface area (Å²) in [6.45, 7) is 3.75. The number of aliphatic imine (C=N–C) groups is 1. The third kappa shape index (κ3) is 2.60. The van der Waals surface area contributed by atoms with Crippen molar-refractivity contribution in [2.45, 2.75) is 18.7 Å². The van der Waals surface area contributed by atoms with Crippen molar-refractivity contribution in [3.63, 3.8) is 0 Å². The number of hydrogen-bond acceptors (Lipinski definition) is 5. The monoisotopic (exact) mass is 294 g/mol. The van der Waals surface area contributed by atoms with Gasteiger partial charge in [-0.05, 0) is 19.9 Å². The lowest BCUT2D eigenvalue weighted by molar-refractivity contribution is -0.384. The van der Waals surface area contributed by atoms with E-state index in [4.69, 9.17) is 0 Å². The van der Waals surface area contributed by atoms with Gasteiger partial charge in [-0.3, -0.25) is 25.3 Å². The lowest BCUT2D eigenvalue weighted by atomic mass is 10.1. The first-order chi connectivity index (χ1) is 9.35. The van der Waals surface area contributed by atoms with E-state index in [1.54, 1.807) is 13.1 Å². The molecule has 0 saturated carbocycles. The van der Waals surface area contributed by atoms with E-state index in [1.807, 2.05) is 13.8 Å². The maximum atomic E-state index is 12.5. The summed E-state index contributed by atoms with van der Waals surface area (Å²) in [6.07, 6.45) is 0. The first-order valence-corrected chi connectivity index (χ1v) is 6.68. The minimum atomic E-state index is -0.521. The molecule has 106 valence electrons. The number of non-ortho nitro benzene ring substituents is 1. The summed E-state index contributed by atoms with van der Waals surface area (Å²) in [5, 5.41) is 12.8. The van der Waals surface area contributed by atoms with E-state index in [-0.39, 0.29) is 17.2 Å². The van der Waals surface area contributed by atoms with Gasteiger partial charge in [0.25, 0.3) is 11.6 Å². The van der Waals surface area contributed by atoms with Crippen molar-refractivity contribution in [2.75, 3.05) is 7.05 Å².